The van der Waals surface area contributed by atoms with Gasteiger partial charge in [-0.1, -0.05) is 12.1 Å². The zero-order chi connectivity index (χ0) is 13.2. The van der Waals surface area contributed by atoms with Gasteiger partial charge in [0.05, 0.1) is 11.6 Å². The van der Waals surface area contributed by atoms with Crippen LogP contribution in [0.25, 0.3) is 6.08 Å². The minimum atomic E-state index is -0.197. The predicted molar refractivity (Wildman–Crippen MR) is 70.7 cm³/mol. The number of hydrogen-bond acceptors (Lipinski definition) is 3. The van der Waals surface area contributed by atoms with Gasteiger partial charge in [-0.15, -0.1) is 0 Å². The highest BCUT2D eigenvalue weighted by Crippen LogP contribution is 2.37. The molecule has 3 heteroatoms. The maximum absolute atomic E-state index is 11.8. The van der Waals surface area contributed by atoms with Crippen molar-refractivity contribution in [3.05, 3.63) is 52.3 Å². The van der Waals surface area contributed by atoms with Crippen molar-refractivity contribution in [3.8, 4) is 6.07 Å². The van der Waals surface area contributed by atoms with E-state index in [-0.39, 0.29) is 5.97 Å². The summed E-state index contributed by atoms with van der Waals surface area (Å²) < 4.78 is 5.35. The standard InChI is InChI=1S/C16H13NO2/c17-10-12-5-3-4-11(8-12)9-15-13-6-1-2-7-14(13)16(18)19-15/h3-5,8-9H,1-2,6-7H2/b15-9-. The van der Waals surface area contributed by atoms with Crippen molar-refractivity contribution >= 4 is 12.0 Å². The van der Waals surface area contributed by atoms with Crippen LogP contribution in [0.4, 0.5) is 0 Å². The van der Waals surface area contributed by atoms with E-state index >= 15 is 0 Å². The van der Waals surface area contributed by atoms with E-state index in [4.69, 9.17) is 10.00 Å². The van der Waals surface area contributed by atoms with Gasteiger partial charge in [-0.2, -0.15) is 5.26 Å². The van der Waals surface area contributed by atoms with E-state index in [2.05, 4.69) is 6.07 Å². The Bertz CT molecular complexity index is 647. The first kappa shape index (κ1) is 11.7. The Labute approximate surface area is 111 Å². The molecule has 3 rings (SSSR count). The molecule has 0 amide bonds. The van der Waals surface area contributed by atoms with Crippen LogP contribution in [-0.2, 0) is 9.53 Å². The summed E-state index contributed by atoms with van der Waals surface area (Å²) >= 11 is 0. The number of esters is 1. The van der Waals surface area contributed by atoms with Crippen molar-refractivity contribution in [2.45, 2.75) is 25.7 Å². The molecule has 94 valence electrons. The summed E-state index contributed by atoms with van der Waals surface area (Å²) in [5.74, 6) is 0.465. The molecule has 0 atom stereocenters. The van der Waals surface area contributed by atoms with Crippen LogP contribution in [0.15, 0.2) is 41.2 Å². The molecular weight excluding hydrogens is 238 g/mol. The molecule has 1 aromatic carbocycles. The van der Waals surface area contributed by atoms with E-state index < -0.39 is 0 Å². The number of hydrogen-bond donors (Lipinski definition) is 0. The van der Waals surface area contributed by atoms with Gasteiger partial charge in [-0.25, -0.2) is 4.79 Å². The minimum Gasteiger partial charge on any atom is -0.423 e. The van der Waals surface area contributed by atoms with E-state index in [9.17, 15) is 4.79 Å². The Morgan fingerprint density at radius 1 is 1.21 bits per heavy atom. The van der Waals surface area contributed by atoms with E-state index in [0.29, 0.717) is 11.3 Å². The number of nitrogens with zero attached hydrogens (tertiary/aromatic N) is 1. The van der Waals surface area contributed by atoms with Crippen LogP contribution < -0.4 is 0 Å². The highest BCUT2D eigenvalue weighted by Gasteiger charge is 2.30. The van der Waals surface area contributed by atoms with E-state index in [1.54, 1.807) is 12.1 Å². The third-order valence-electron chi connectivity index (χ3n) is 3.53. The summed E-state index contributed by atoms with van der Waals surface area (Å²) in [6.45, 7) is 0. The lowest BCUT2D eigenvalue weighted by atomic mass is 9.92. The van der Waals surface area contributed by atoms with Gasteiger partial charge in [0.15, 0.2) is 0 Å². The quantitative estimate of drug-likeness (QED) is 0.719. The van der Waals surface area contributed by atoms with Gasteiger partial charge in [-0.05, 0) is 49.5 Å². The fourth-order valence-corrected chi connectivity index (χ4v) is 2.59. The molecule has 1 aliphatic heterocycles. The van der Waals surface area contributed by atoms with E-state index in [0.717, 1.165) is 42.4 Å². The highest BCUT2D eigenvalue weighted by atomic mass is 16.5. The zero-order valence-corrected chi connectivity index (χ0v) is 10.5. The highest BCUT2D eigenvalue weighted by molar-refractivity contribution is 5.95. The lowest BCUT2D eigenvalue weighted by Crippen LogP contribution is -2.01. The first-order valence-corrected chi connectivity index (χ1v) is 6.44. The third kappa shape index (κ3) is 2.17. The second kappa shape index (κ2) is 4.74. The topological polar surface area (TPSA) is 50.1 Å². The van der Waals surface area contributed by atoms with Crippen LogP contribution in [0.5, 0.6) is 0 Å². The molecule has 1 aliphatic carbocycles. The largest absolute Gasteiger partial charge is 0.423 e. The monoisotopic (exact) mass is 251 g/mol. The van der Waals surface area contributed by atoms with Crippen LogP contribution >= 0.6 is 0 Å². The van der Waals surface area contributed by atoms with Crippen molar-refractivity contribution in [2.24, 2.45) is 0 Å². The summed E-state index contributed by atoms with van der Waals surface area (Å²) in [6, 6.07) is 9.40. The van der Waals surface area contributed by atoms with Crippen molar-refractivity contribution < 1.29 is 9.53 Å². The van der Waals surface area contributed by atoms with Crippen molar-refractivity contribution in [1.82, 2.24) is 0 Å². The maximum atomic E-state index is 11.8. The molecule has 0 bridgehead atoms. The fraction of sp³-hybridized carbons (Fsp3) is 0.250. The zero-order valence-electron chi connectivity index (χ0n) is 10.5. The number of benzene rings is 1. The Kier molecular flexibility index (Phi) is 2.92. The van der Waals surface area contributed by atoms with Crippen LogP contribution in [0.1, 0.15) is 36.8 Å². The Hall–Kier alpha value is -2.34. The van der Waals surface area contributed by atoms with Gasteiger partial charge in [0.1, 0.15) is 5.76 Å². The van der Waals surface area contributed by atoms with Gasteiger partial charge in [0, 0.05) is 11.1 Å². The molecule has 2 aliphatic rings. The van der Waals surface area contributed by atoms with Crippen LogP contribution in [-0.4, -0.2) is 5.97 Å². The molecule has 19 heavy (non-hydrogen) atoms. The summed E-state index contributed by atoms with van der Waals surface area (Å²) in [5, 5.41) is 8.89. The summed E-state index contributed by atoms with van der Waals surface area (Å²) in [5.41, 5.74) is 3.39. The number of carbonyl (C=O) groups is 1. The number of rotatable bonds is 1. The molecular formula is C16H13NO2. The van der Waals surface area contributed by atoms with Crippen LogP contribution in [0.2, 0.25) is 0 Å². The molecule has 1 heterocycles. The molecule has 1 aromatic rings. The molecule has 0 spiro atoms. The van der Waals surface area contributed by atoms with Gasteiger partial charge in [0.25, 0.3) is 0 Å². The molecule has 0 radical (unpaired) electrons. The molecule has 0 aromatic heterocycles. The number of cyclic esters (lactones) is 1. The molecule has 3 nitrogen and oxygen atoms in total. The average Bonchev–Trinajstić information content (AvgIpc) is 2.76. The van der Waals surface area contributed by atoms with Crippen molar-refractivity contribution in [1.29, 1.82) is 5.26 Å². The SMILES string of the molecule is N#Cc1cccc(/C=C2\OC(=O)C3=C2CCCC3)c1. The number of allylic oxidation sites excluding steroid dienone is 1. The summed E-state index contributed by atoms with van der Waals surface area (Å²) in [6.07, 6.45) is 5.75. The first-order chi connectivity index (χ1) is 9.28. The fourth-order valence-electron chi connectivity index (χ4n) is 2.59. The van der Waals surface area contributed by atoms with Crippen LogP contribution in [0, 0.1) is 11.3 Å². The normalized spacial score (nSPS) is 20.2. The second-order valence-corrected chi connectivity index (χ2v) is 4.80. The van der Waals surface area contributed by atoms with E-state index in [1.165, 1.54) is 0 Å². The smallest absolute Gasteiger partial charge is 0.339 e. The Morgan fingerprint density at radius 2 is 2.00 bits per heavy atom. The molecule has 0 saturated heterocycles. The third-order valence-corrected chi connectivity index (χ3v) is 3.53. The molecule has 0 unspecified atom stereocenters. The van der Waals surface area contributed by atoms with Gasteiger partial charge in [0.2, 0.25) is 0 Å². The Morgan fingerprint density at radius 3 is 2.79 bits per heavy atom. The van der Waals surface area contributed by atoms with Gasteiger partial charge < -0.3 is 4.74 Å². The predicted octanol–water partition coefficient (Wildman–Crippen LogP) is 3.33. The molecule has 0 saturated carbocycles. The number of nitriles is 1. The van der Waals surface area contributed by atoms with Crippen molar-refractivity contribution in [2.75, 3.05) is 0 Å². The number of carbonyl (C=O) groups excluding carboxylic acids is 1. The number of ether oxygens (including phenoxy) is 1. The van der Waals surface area contributed by atoms with Gasteiger partial charge in [-0.3, -0.25) is 0 Å². The minimum absolute atomic E-state index is 0.197. The average molecular weight is 251 g/mol. The lowest BCUT2D eigenvalue weighted by molar-refractivity contribution is -0.133. The maximum Gasteiger partial charge on any atom is 0.339 e. The van der Waals surface area contributed by atoms with E-state index in [1.807, 2.05) is 18.2 Å². The first-order valence-electron chi connectivity index (χ1n) is 6.44. The summed E-state index contributed by atoms with van der Waals surface area (Å²) in [4.78, 5) is 11.8. The Balaban J connectivity index is 1.98. The molecule has 0 N–H and O–H groups in total. The lowest BCUT2D eigenvalue weighted by Gasteiger charge is -2.10. The van der Waals surface area contributed by atoms with Crippen LogP contribution in [0.3, 0.4) is 0 Å². The summed E-state index contributed by atoms with van der Waals surface area (Å²) in [7, 11) is 0. The van der Waals surface area contributed by atoms with Crippen molar-refractivity contribution in [3.63, 3.8) is 0 Å². The second-order valence-electron chi connectivity index (χ2n) is 4.80. The molecule has 0 fully saturated rings. The van der Waals surface area contributed by atoms with Gasteiger partial charge >= 0.3 is 5.97 Å².